The van der Waals surface area contributed by atoms with Gasteiger partial charge in [0.15, 0.2) is 5.96 Å². The first-order valence-electron chi connectivity index (χ1n) is 11.0. The highest BCUT2D eigenvalue weighted by Crippen LogP contribution is 2.17. The normalized spacial score (nSPS) is 18.0. The SMILES string of the molecule is CN=C(NCCC(=O)N1CCCCC1C)NCCC(C)N(C)Cc1ccccc1.I. The first kappa shape index (κ1) is 26.7. The Labute approximate surface area is 199 Å². The van der Waals surface area contributed by atoms with Crippen LogP contribution < -0.4 is 10.6 Å². The quantitative estimate of drug-likeness (QED) is 0.292. The summed E-state index contributed by atoms with van der Waals surface area (Å²) in [6.07, 6.45) is 5.02. The molecule has 2 N–H and O–H groups in total. The van der Waals surface area contributed by atoms with E-state index < -0.39 is 0 Å². The van der Waals surface area contributed by atoms with E-state index in [0.717, 1.165) is 44.9 Å². The van der Waals surface area contributed by atoms with E-state index in [1.165, 1.54) is 12.0 Å². The maximum absolute atomic E-state index is 12.4. The Morgan fingerprint density at radius 2 is 1.93 bits per heavy atom. The number of rotatable bonds is 9. The zero-order chi connectivity index (χ0) is 21.1. The molecular weight excluding hydrogens is 489 g/mol. The predicted octanol–water partition coefficient (Wildman–Crippen LogP) is 3.47. The molecular formula is C23H40IN5O. The number of likely N-dealkylation sites (tertiary alicyclic amines) is 1. The number of guanidine groups is 1. The largest absolute Gasteiger partial charge is 0.356 e. The minimum Gasteiger partial charge on any atom is -0.356 e. The fourth-order valence-corrected chi connectivity index (χ4v) is 3.77. The van der Waals surface area contributed by atoms with E-state index >= 15 is 0 Å². The van der Waals surface area contributed by atoms with Crippen molar-refractivity contribution in [2.24, 2.45) is 4.99 Å². The van der Waals surface area contributed by atoms with Gasteiger partial charge in [-0.15, -0.1) is 24.0 Å². The van der Waals surface area contributed by atoms with E-state index in [1.807, 2.05) is 4.90 Å². The number of nitrogens with zero attached hydrogens (tertiary/aromatic N) is 3. The van der Waals surface area contributed by atoms with Crippen LogP contribution in [0.3, 0.4) is 0 Å². The molecule has 1 fully saturated rings. The van der Waals surface area contributed by atoms with Crippen molar-refractivity contribution in [3.63, 3.8) is 0 Å². The van der Waals surface area contributed by atoms with Crippen molar-refractivity contribution in [1.29, 1.82) is 0 Å². The Balaban J connectivity index is 0.00000450. The van der Waals surface area contributed by atoms with Gasteiger partial charge < -0.3 is 15.5 Å². The molecule has 0 aromatic heterocycles. The molecule has 30 heavy (non-hydrogen) atoms. The molecule has 1 aromatic carbocycles. The first-order chi connectivity index (χ1) is 14.0. The lowest BCUT2D eigenvalue weighted by molar-refractivity contribution is -0.134. The molecule has 6 nitrogen and oxygen atoms in total. The molecule has 0 saturated carbocycles. The average Bonchev–Trinajstić information content (AvgIpc) is 2.73. The second-order valence-corrected chi connectivity index (χ2v) is 8.15. The van der Waals surface area contributed by atoms with Crippen molar-refractivity contribution in [3.8, 4) is 0 Å². The van der Waals surface area contributed by atoms with Crippen molar-refractivity contribution in [3.05, 3.63) is 35.9 Å². The molecule has 0 radical (unpaired) electrons. The molecule has 1 amide bonds. The Hall–Kier alpha value is -1.35. The third kappa shape index (κ3) is 9.20. The summed E-state index contributed by atoms with van der Waals surface area (Å²) in [6, 6.07) is 11.4. The molecule has 0 aliphatic carbocycles. The second kappa shape index (κ2) is 14.6. The summed E-state index contributed by atoms with van der Waals surface area (Å²) in [5, 5.41) is 6.64. The molecule has 1 aliphatic rings. The van der Waals surface area contributed by atoms with Crippen LogP contribution >= 0.6 is 24.0 Å². The van der Waals surface area contributed by atoms with Gasteiger partial charge in [-0.2, -0.15) is 0 Å². The van der Waals surface area contributed by atoms with Crippen molar-refractivity contribution < 1.29 is 4.79 Å². The molecule has 170 valence electrons. The molecule has 1 saturated heterocycles. The van der Waals surface area contributed by atoms with Gasteiger partial charge in [-0.05, 0) is 52.1 Å². The lowest BCUT2D eigenvalue weighted by atomic mass is 10.0. The van der Waals surface area contributed by atoms with Crippen LogP contribution in [0.1, 0.15) is 51.5 Å². The van der Waals surface area contributed by atoms with Gasteiger partial charge in [-0.1, -0.05) is 30.3 Å². The standard InChI is InChI=1S/C23H39N5O.HI/c1-19(27(4)18-21-11-6-5-7-12-21)13-15-25-23(24-3)26-16-14-22(29)28-17-9-8-10-20(28)2;/h5-7,11-12,19-20H,8-10,13-18H2,1-4H3,(H2,24,25,26);1H. The van der Waals surface area contributed by atoms with Crippen LogP contribution in [-0.4, -0.2) is 67.5 Å². The number of amides is 1. The van der Waals surface area contributed by atoms with Crippen LogP contribution in [0.15, 0.2) is 35.3 Å². The van der Waals surface area contributed by atoms with E-state index in [-0.39, 0.29) is 29.9 Å². The summed E-state index contributed by atoms with van der Waals surface area (Å²) in [6.45, 7) is 7.72. The molecule has 7 heteroatoms. The number of piperidine rings is 1. The number of aliphatic imine (C=N–C) groups is 1. The van der Waals surface area contributed by atoms with Crippen LogP contribution in [0.2, 0.25) is 0 Å². The van der Waals surface area contributed by atoms with E-state index in [0.29, 0.717) is 25.0 Å². The maximum Gasteiger partial charge on any atom is 0.224 e. The van der Waals surface area contributed by atoms with Gasteiger partial charge >= 0.3 is 0 Å². The van der Waals surface area contributed by atoms with Crippen molar-refractivity contribution in [2.75, 3.05) is 33.7 Å². The van der Waals surface area contributed by atoms with Gasteiger partial charge in [0.1, 0.15) is 0 Å². The minimum atomic E-state index is 0. The van der Waals surface area contributed by atoms with E-state index in [2.05, 4.69) is 71.8 Å². The number of halogens is 1. The van der Waals surface area contributed by atoms with E-state index in [1.54, 1.807) is 7.05 Å². The lowest BCUT2D eigenvalue weighted by Gasteiger charge is -2.33. The highest BCUT2D eigenvalue weighted by Gasteiger charge is 2.22. The number of nitrogens with one attached hydrogen (secondary N) is 2. The molecule has 2 rings (SSSR count). The zero-order valence-electron chi connectivity index (χ0n) is 19.1. The smallest absolute Gasteiger partial charge is 0.224 e. The molecule has 2 unspecified atom stereocenters. The third-order valence-corrected chi connectivity index (χ3v) is 5.86. The maximum atomic E-state index is 12.4. The van der Waals surface area contributed by atoms with Crippen LogP contribution in [-0.2, 0) is 11.3 Å². The summed E-state index contributed by atoms with van der Waals surface area (Å²) in [7, 11) is 3.94. The minimum absolute atomic E-state index is 0. The van der Waals surface area contributed by atoms with Gasteiger partial charge in [-0.3, -0.25) is 14.7 Å². The van der Waals surface area contributed by atoms with E-state index in [9.17, 15) is 4.79 Å². The summed E-state index contributed by atoms with van der Waals surface area (Å²) >= 11 is 0. The number of hydrogen-bond acceptors (Lipinski definition) is 3. The van der Waals surface area contributed by atoms with Gasteiger partial charge in [-0.25, -0.2) is 0 Å². The van der Waals surface area contributed by atoms with Gasteiger partial charge in [0.2, 0.25) is 5.91 Å². The van der Waals surface area contributed by atoms with Crippen molar-refractivity contribution in [2.45, 2.75) is 64.6 Å². The van der Waals surface area contributed by atoms with Crippen LogP contribution in [0.5, 0.6) is 0 Å². The Bertz CT molecular complexity index is 640. The summed E-state index contributed by atoms with van der Waals surface area (Å²) < 4.78 is 0. The number of carbonyl (C=O) groups excluding carboxylic acids is 1. The lowest BCUT2D eigenvalue weighted by Crippen LogP contribution is -2.44. The highest BCUT2D eigenvalue weighted by atomic mass is 127. The third-order valence-electron chi connectivity index (χ3n) is 5.86. The Morgan fingerprint density at radius 3 is 2.60 bits per heavy atom. The second-order valence-electron chi connectivity index (χ2n) is 8.15. The Kier molecular flexibility index (Phi) is 13.0. The van der Waals surface area contributed by atoms with Crippen LogP contribution in [0.4, 0.5) is 0 Å². The Morgan fingerprint density at radius 1 is 1.23 bits per heavy atom. The fourth-order valence-electron chi connectivity index (χ4n) is 3.77. The van der Waals surface area contributed by atoms with Crippen molar-refractivity contribution in [1.82, 2.24) is 20.4 Å². The van der Waals surface area contributed by atoms with Crippen LogP contribution in [0.25, 0.3) is 0 Å². The van der Waals surface area contributed by atoms with Gasteiger partial charge in [0.25, 0.3) is 0 Å². The predicted molar refractivity (Wildman–Crippen MR) is 136 cm³/mol. The van der Waals surface area contributed by atoms with Gasteiger partial charge in [0.05, 0.1) is 0 Å². The topological polar surface area (TPSA) is 60.0 Å². The first-order valence-corrected chi connectivity index (χ1v) is 11.0. The zero-order valence-corrected chi connectivity index (χ0v) is 21.4. The van der Waals surface area contributed by atoms with Crippen molar-refractivity contribution >= 4 is 35.8 Å². The fraction of sp³-hybridized carbons (Fsp3) is 0.652. The summed E-state index contributed by atoms with van der Waals surface area (Å²) in [4.78, 5) is 21.1. The number of carbonyl (C=O) groups is 1. The molecule has 1 aliphatic heterocycles. The molecule has 0 spiro atoms. The monoisotopic (exact) mass is 529 g/mol. The molecule has 1 aromatic rings. The molecule has 1 heterocycles. The number of benzene rings is 1. The molecule has 2 atom stereocenters. The summed E-state index contributed by atoms with van der Waals surface area (Å²) in [5.41, 5.74) is 1.33. The molecule has 0 bridgehead atoms. The average molecular weight is 530 g/mol. The van der Waals surface area contributed by atoms with Crippen LogP contribution in [0, 0.1) is 0 Å². The van der Waals surface area contributed by atoms with Gasteiger partial charge in [0, 0.05) is 51.7 Å². The highest BCUT2D eigenvalue weighted by molar-refractivity contribution is 14.0. The number of hydrogen-bond donors (Lipinski definition) is 2. The van der Waals surface area contributed by atoms with E-state index in [4.69, 9.17) is 0 Å². The summed E-state index contributed by atoms with van der Waals surface area (Å²) in [5.74, 6) is 1.01.